The molecule has 0 aliphatic carbocycles. The van der Waals surface area contributed by atoms with Gasteiger partial charge in [-0.2, -0.15) is 0 Å². The zero-order valence-corrected chi connectivity index (χ0v) is 15.1. The molecule has 2 aromatic heterocycles. The molecule has 3 rings (SSSR count). The Morgan fingerprint density at radius 2 is 1.93 bits per heavy atom. The number of rotatable bonds is 6. The second kappa shape index (κ2) is 8.08. The number of nitrogens with zero attached hydrogens (tertiary/aromatic N) is 4. The van der Waals surface area contributed by atoms with E-state index in [2.05, 4.69) is 31.1 Å². The Morgan fingerprint density at radius 1 is 1.14 bits per heavy atom. The minimum absolute atomic E-state index is 0.00470. The molecule has 10 nitrogen and oxygen atoms in total. The van der Waals surface area contributed by atoms with Gasteiger partial charge in [0.25, 0.3) is 5.91 Å². The molecule has 0 unspecified atom stereocenters. The van der Waals surface area contributed by atoms with Gasteiger partial charge in [0.05, 0.1) is 10.5 Å². The first kappa shape index (κ1) is 18.7. The summed E-state index contributed by atoms with van der Waals surface area (Å²) in [4.78, 5) is 34.8. The highest BCUT2D eigenvalue weighted by Gasteiger charge is 2.24. The van der Waals surface area contributed by atoms with Crippen molar-refractivity contribution < 1.29 is 9.72 Å². The molecule has 28 heavy (non-hydrogen) atoms. The molecule has 0 radical (unpaired) electrons. The molecular formula is C18H17N7O3. The van der Waals surface area contributed by atoms with Gasteiger partial charge < -0.3 is 5.32 Å². The highest BCUT2D eigenvalue weighted by Crippen LogP contribution is 2.31. The van der Waals surface area contributed by atoms with E-state index < -0.39 is 16.5 Å². The third-order valence-corrected chi connectivity index (χ3v) is 3.86. The number of hydrogen-bond donors (Lipinski definition) is 3. The summed E-state index contributed by atoms with van der Waals surface area (Å²) in [6, 6.07) is 8.81. The van der Waals surface area contributed by atoms with E-state index in [1.807, 2.05) is 32.0 Å². The lowest BCUT2D eigenvalue weighted by molar-refractivity contribution is -0.383. The van der Waals surface area contributed by atoms with Crippen LogP contribution in [0.3, 0.4) is 0 Å². The van der Waals surface area contributed by atoms with E-state index in [9.17, 15) is 14.9 Å². The van der Waals surface area contributed by atoms with Crippen LogP contribution in [0.1, 0.15) is 21.5 Å². The first-order valence-corrected chi connectivity index (χ1v) is 8.25. The normalized spacial score (nSPS) is 10.2. The maximum Gasteiger partial charge on any atom is 0.355 e. The van der Waals surface area contributed by atoms with Crippen LogP contribution in [0.2, 0.25) is 0 Å². The summed E-state index contributed by atoms with van der Waals surface area (Å²) in [6.45, 7) is 3.84. The Balaban J connectivity index is 1.85. The van der Waals surface area contributed by atoms with Crippen LogP contribution in [-0.2, 0) is 0 Å². The molecule has 0 spiro atoms. The van der Waals surface area contributed by atoms with Gasteiger partial charge >= 0.3 is 5.69 Å². The summed E-state index contributed by atoms with van der Waals surface area (Å²) < 4.78 is 0. The van der Waals surface area contributed by atoms with E-state index in [4.69, 9.17) is 0 Å². The van der Waals surface area contributed by atoms with Crippen molar-refractivity contribution in [1.82, 2.24) is 20.4 Å². The monoisotopic (exact) mass is 379 g/mol. The predicted molar refractivity (Wildman–Crippen MR) is 103 cm³/mol. The fourth-order valence-electron chi connectivity index (χ4n) is 2.50. The molecule has 1 amide bonds. The second-order valence-electron chi connectivity index (χ2n) is 5.94. The van der Waals surface area contributed by atoms with Crippen LogP contribution in [0.15, 0.2) is 49.1 Å². The minimum atomic E-state index is -0.621. The van der Waals surface area contributed by atoms with E-state index in [0.29, 0.717) is 11.3 Å². The van der Waals surface area contributed by atoms with E-state index >= 15 is 0 Å². The third kappa shape index (κ3) is 4.18. The molecule has 1 aromatic carbocycles. The number of carbonyl (C=O) groups excluding carboxylic acids is 1. The molecule has 0 saturated heterocycles. The summed E-state index contributed by atoms with van der Waals surface area (Å²) in [5.41, 5.74) is 7.41. The summed E-state index contributed by atoms with van der Waals surface area (Å²) in [5.74, 6) is -0.653. The maximum absolute atomic E-state index is 12.1. The zero-order chi connectivity index (χ0) is 20.1. The number of nitrogens with one attached hydrogen (secondary N) is 3. The standard InChI is InChI=1S/C18H17N7O3/c1-11-5-6-14(12(2)8-11)22-16-15(25(27)28)17(21-10-20-16)23-24-18(26)13-4-3-7-19-9-13/h3-10H,1-2H3,(H,24,26)(H2,20,21,22,23). The van der Waals surface area contributed by atoms with Gasteiger partial charge in [-0.1, -0.05) is 17.7 Å². The Bertz CT molecular complexity index is 1020. The maximum atomic E-state index is 12.1. The van der Waals surface area contributed by atoms with Gasteiger partial charge in [0, 0.05) is 18.1 Å². The average Bonchev–Trinajstić information content (AvgIpc) is 2.68. The Labute approximate surface area is 160 Å². The largest absolute Gasteiger partial charge is 0.355 e. The van der Waals surface area contributed by atoms with Crippen LogP contribution >= 0.6 is 0 Å². The molecule has 0 bridgehead atoms. The van der Waals surface area contributed by atoms with Crippen LogP contribution in [0.4, 0.5) is 23.0 Å². The van der Waals surface area contributed by atoms with Gasteiger partial charge in [-0.05, 0) is 37.6 Å². The lowest BCUT2D eigenvalue weighted by atomic mass is 10.1. The molecule has 0 atom stereocenters. The molecule has 0 saturated carbocycles. The van der Waals surface area contributed by atoms with Crippen molar-refractivity contribution in [3.05, 3.63) is 75.9 Å². The average molecular weight is 379 g/mol. The van der Waals surface area contributed by atoms with E-state index in [0.717, 1.165) is 17.5 Å². The Kier molecular flexibility index (Phi) is 5.40. The lowest BCUT2D eigenvalue weighted by Gasteiger charge is -2.12. The number of hydrogen-bond acceptors (Lipinski definition) is 8. The SMILES string of the molecule is Cc1ccc(Nc2ncnc(NNC(=O)c3cccnc3)c2[N+](=O)[O-])c(C)c1. The number of pyridine rings is 1. The summed E-state index contributed by atoms with van der Waals surface area (Å²) in [6.07, 6.45) is 4.07. The van der Waals surface area contributed by atoms with Crippen LogP contribution in [0.5, 0.6) is 0 Å². The number of amides is 1. The second-order valence-corrected chi connectivity index (χ2v) is 5.94. The molecular weight excluding hydrogens is 362 g/mol. The highest BCUT2D eigenvalue weighted by molar-refractivity contribution is 5.94. The summed E-state index contributed by atoms with van der Waals surface area (Å²) in [7, 11) is 0. The van der Waals surface area contributed by atoms with Gasteiger partial charge in [0.1, 0.15) is 6.33 Å². The quantitative estimate of drug-likeness (QED) is 0.439. The first-order valence-electron chi connectivity index (χ1n) is 8.25. The van der Waals surface area contributed by atoms with Crippen LogP contribution < -0.4 is 16.2 Å². The van der Waals surface area contributed by atoms with Crippen LogP contribution in [0.25, 0.3) is 0 Å². The Morgan fingerprint density at radius 3 is 2.61 bits per heavy atom. The fraction of sp³-hybridized carbons (Fsp3) is 0.111. The molecule has 3 N–H and O–H groups in total. The van der Waals surface area contributed by atoms with Gasteiger partial charge in [0.2, 0.25) is 11.6 Å². The summed E-state index contributed by atoms with van der Waals surface area (Å²) >= 11 is 0. The number of anilines is 3. The highest BCUT2D eigenvalue weighted by atomic mass is 16.6. The molecule has 3 aromatic rings. The van der Waals surface area contributed by atoms with E-state index in [1.165, 1.54) is 12.4 Å². The van der Waals surface area contributed by atoms with E-state index in [1.54, 1.807) is 12.1 Å². The zero-order valence-electron chi connectivity index (χ0n) is 15.1. The van der Waals surface area contributed by atoms with Crippen molar-refractivity contribution in [2.24, 2.45) is 0 Å². The molecule has 0 aliphatic heterocycles. The number of aryl methyl sites for hydroxylation is 2. The molecule has 142 valence electrons. The van der Waals surface area contributed by atoms with Gasteiger partial charge in [-0.3, -0.25) is 30.7 Å². The predicted octanol–water partition coefficient (Wildman–Crippen LogP) is 2.90. The first-order chi connectivity index (χ1) is 13.5. The molecule has 0 aliphatic rings. The van der Waals surface area contributed by atoms with Crippen molar-refractivity contribution in [3.63, 3.8) is 0 Å². The number of benzene rings is 1. The third-order valence-electron chi connectivity index (χ3n) is 3.86. The van der Waals surface area contributed by atoms with Gasteiger partial charge in [0.15, 0.2) is 0 Å². The van der Waals surface area contributed by atoms with Gasteiger partial charge in [-0.25, -0.2) is 9.97 Å². The van der Waals surface area contributed by atoms with Crippen molar-refractivity contribution in [1.29, 1.82) is 0 Å². The van der Waals surface area contributed by atoms with E-state index in [-0.39, 0.29) is 11.6 Å². The minimum Gasteiger partial charge on any atom is -0.334 e. The number of hydrazine groups is 1. The van der Waals surface area contributed by atoms with Crippen molar-refractivity contribution in [3.8, 4) is 0 Å². The Hall–Kier alpha value is -4.08. The van der Waals surface area contributed by atoms with Crippen molar-refractivity contribution in [2.45, 2.75) is 13.8 Å². The van der Waals surface area contributed by atoms with Crippen LogP contribution in [0, 0.1) is 24.0 Å². The van der Waals surface area contributed by atoms with Crippen LogP contribution in [-0.4, -0.2) is 25.8 Å². The number of aromatic nitrogens is 3. The molecule has 0 fully saturated rings. The smallest absolute Gasteiger partial charge is 0.334 e. The van der Waals surface area contributed by atoms with Crippen molar-refractivity contribution >= 4 is 28.9 Å². The number of nitro groups is 1. The van der Waals surface area contributed by atoms with Crippen molar-refractivity contribution in [2.75, 3.05) is 10.7 Å². The summed E-state index contributed by atoms with van der Waals surface area (Å²) in [5, 5.41) is 14.6. The number of carbonyl (C=O) groups is 1. The van der Waals surface area contributed by atoms with Gasteiger partial charge in [-0.15, -0.1) is 0 Å². The topological polar surface area (TPSA) is 135 Å². The fourth-order valence-corrected chi connectivity index (χ4v) is 2.50. The molecule has 2 heterocycles. The molecule has 10 heteroatoms. The lowest BCUT2D eigenvalue weighted by Crippen LogP contribution is -2.30.